The van der Waals surface area contributed by atoms with E-state index in [1.165, 1.54) is 0 Å². The Morgan fingerprint density at radius 1 is 1.27 bits per heavy atom. The Bertz CT molecular complexity index is 527. The maximum atomic E-state index is 12.7. The van der Waals surface area contributed by atoms with Gasteiger partial charge in [-0.3, -0.25) is 10.1 Å². The summed E-state index contributed by atoms with van der Waals surface area (Å²) < 4.78 is 58.2. The van der Waals surface area contributed by atoms with Crippen molar-refractivity contribution in [1.29, 1.82) is 0 Å². The van der Waals surface area contributed by atoms with Crippen LogP contribution in [0, 0.1) is 21.7 Å². The van der Waals surface area contributed by atoms with Crippen LogP contribution in [0.4, 0.5) is 18.4 Å². The molecule has 15 heavy (non-hydrogen) atoms. The third-order valence-corrected chi connectivity index (χ3v) is 2.26. The van der Waals surface area contributed by atoms with E-state index in [0.717, 1.165) is 0 Å². The van der Waals surface area contributed by atoms with Gasteiger partial charge in [0.1, 0.15) is 4.90 Å². The third kappa shape index (κ3) is 2.24. The minimum atomic E-state index is -5.31. The molecule has 0 aromatic heterocycles. The fourth-order valence-electron chi connectivity index (χ4n) is 0.824. The van der Waals surface area contributed by atoms with E-state index in [0.29, 0.717) is 0 Å². The maximum Gasteiger partial charge on any atom is 0.332 e. The standard InChI is InChI=1S/C6H2F3NO4S/c7-4-1-3(15(9,13)14)2-5(6(4)8)10(11)12/h1-2H. The van der Waals surface area contributed by atoms with Crippen molar-refractivity contribution in [2.45, 2.75) is 4.90 Å². The van der Waals surface area contributed by atoms with Gasteiger partial charge in [-0.1, -0.05) is 0 Å². The van der Waals surface area contributed by atoms with Crippen LogP contribution in [-0.2, 0) is 10.2 Å². The fourth-order valence-corrected chi connectivity index (χ4v) is 1.32. The van der Waals surface area contributed by atoms with Crippen molar-refractivity contribution in [2.24, 2.45) is 0 Å². The molecule has 5 nitrogen and oxygen atoms in total. The quantitative estimate of drug-likeness (QED) is 0.447. The van der Waals surface area contributed by atoms with E-state index in [1.807, 2.05) is 0 Å². The zero-order chi connectivity index (χ0) is 11.8. The molecule has 0 unspecified atom stereocenters. The largest absolute Gasteiger partial charge is 0.332 e. The van der Waals surface area contributed by atoms with Gasteiger partial charge in [-0.15, -0.1) is 3.89 Å². The SMILES string of the molecule is O=[N+]([O-])c1cc(S(=O)(=O)F)cc(F)c1F. The first-order valence-corrected chi connectivity index (χ1v) is 4.70. The molecule has 1 rings (SSSR count). The molecule has 0 aliphatic heterocycles. The monoisotopic (exact) mass is 241 g/mol. The second kappa shape index (κ2) is 3.50. The summed E-state index contributed by atoms with van der Waals surface area (Å²) >= 11 is 0. The summed E-state index contributed by atoms with van der Waals surface area (Å²) in [5, 5.41) is 10.1. The molecule has 0 atom stereocenters. The van der Waals surface area contributed by atoms with E-state index in [9.17, 15) is 31.2 Å². The third-order valence-electron chi connectivity index (χ3n) is 1.46. The van der Waals surface area contributed by atoms with Gasteiger partial charge in [0.25, 0.3) is 0 Å². The zero-order valence-corrected chi connectivity index (χ0v) is 7.59. The number of nitrogens with zero attached hydrogens (tertiary/aromatic N) is 1. The van der Waals surface area contributed by atoms with Crippen LogP contribution in [0.15, 0.2) is 17.0 Å². The summed E-state index contributed by atoms with van der Waals surface area (Å²) in [4.78, 5) is 7.48. The van der Waals surface area contributed by atoms with Crippen LogP contribution < -0.4 is 0 Å². The van der Waals surface area contributed by atoms with Gasteiger partial charge in [0.2, 0.25) is 5.82 Å². The lowest BCUT2D eigenvalue weighted by atomic mass is 10.3. The Balaban J connectivity index is 3.57. The summed E-state index contributed by atoms with van der Waals surface area (Å²) in [5.74, 6) is -3.65. The molecule has 0 aliphatic rings. The average Bonchev–Trinajstić information content (AvgIpc) is 2.06. The molecule has 0 spiro atoms. The molecule has 0 radical (unpaired) electrons. The summed E-state index contributed by atoms with van der Waals surface area (Å²) in [6.45, 7) is 0. The minimum Gasteiger partial charge on any atom is -0.258 e. The van der Waals surface area contributed by atoms with Gasteiger partial charge in [-0.2, -0.15) is 12.8 Å². The lowest BCUT2D eigenvalue weighted by Gasteiger charge is -1.98. The number of nitro groups is 1. The Morgan fingerprint density at radius 3 is 2.20 bits per heavy atom. The second-order valence-electron chi connectivity index (χ2n) is 2.43. The molecule has 9 heteroatoms. The summed E-state index contributed by atoms with van der Waals surface area (Å²) in [7, 11) is -5.31. The number of nitro benzene ring substituents is 1. The highest BCUT2D eigenvalue weighted by Crippen LogP contribution is 2.25. The van der Waals surface area contributed by atoms with Gasteiger partial charge in [0.05, 0.1) is 4.92 Å². The molecule has 1 aromatic rings. The Labute approximate surface area is 81.5 Å². The van der Waals surface area contributed by atoms with Crippen molar-refractivity contribution >= 4 is 15.9 Å². The summed E-state index contributed by atoms with van der Waals surface area (Å²) in [5.41, 5.74) is -1.44. The first-order valence-electron chi connectivity index (χ1n) is 3.31. The van der Waals surface area contributed by atoms with Crippen LogP contribution in [0.2, 0.25) is 0 Å². The number of halogens is 3. The predicted molar refractivity (Wildman–Crippen MR) is 41.3 cm³/mol. The van der Waals surface area contributed by atoms with Crippen molar-refractivity contribution in [3.05, 3.63) is 33.9 Å². The molecule has 0 aliphatic carbocycles. The van der Waals surface area contributed by atoms with E-state index in [1.54, 1.807) is 0 Å². The Hall–Kier alpha value is -1.64. The average molecular weight is 241 g/mol. The summed E-state index contributed by atoms with van der Waals surface area (Å²) in [6.07, 6.45) is 0. The highest BCUT2D eigenvalue weighted by molar-refractivity contribution is 7.86. The normalized spacial score (nSPS) is 11.4. The fraction of sp³-hybridized carbons (Fsp3) is 0. The van der Waals surface area contributed by atoms with Crippen molar-refractivity contribution in [3.63, 3.8) is 0 Å². The molecule has 1 aromatic carbocycles. The molecule has 0 saturated carbocycles. The van der Waals surface area contributed by atoms with E-state index in [4.69, 9.17) is 0 Å². The highest BCUT2D eigenvalue weighted by atomic mass is 32.3. The van der Waals surface area contributed by atoms with Crippen LogP contribution in [0.3, 0.4) is 0 Å². The van der Waals surface area contributed by atoms with Crippen LogP contribution in [-0.4, -0.2) is 13.3 Å². The van der Waals surface area contributed by atoms with Gasteiger partial charge in [-0.05, 0) is 6.07 Å². The predicted octanol–water partition coefficient (Wildman–Crippen LogP) is 1.53. The molecule has 0 amide bonds. The number of benzene rings is 1. The molecule has 0 bridgehead atoms. The number of hydrogen-bond donors (Lipinski definition) is 0. The first kappa shape index (κ1) is 11.4. The smallest absolute Gasteiger partial charge is 0.258 e. The Morgan fingerprint density at radius 2 is 1.80 bits per heavy atom. The van der Waals surface area contributed by atoms with Crippen LogP contribution in [0.25, 0.3) is 0 Å². The minimum absolute atomic E-state index is 0.0255. The van der Waals surface area contributed by atoms with Crippen molar-refractivity contribution in [2.75, 3.05) is 0 Å². The van der Waals surface area contributed by atoms with E-state index in [2.05, 4.69) is 0 Å². The van der Waals surface area contributed by atoms with Gasteiger partial charge in [0.15, 0.2) is 5.82 Å². The zero-order valence-electron chi connectivity index (χ0n) is 6.78. The van der Waals surface area contributed by atoms with Crippen molar-refractivity contribution in [1.82, 2.24) is 0 Å². The molecule has 82 valence electrons. The Kier molecular flexibility index (Phi) is 2.67. The molecule has 0 heterocycles. The molecule has 0 fully saturated rings. The first-order chi connectivity index (χ1) is 6.73. The van der Waals surface area contributed by atoms with Crippen LogP contribution >= 0.6 is 0 Å². The van der Waals surface area contributed by atoms with Gasteiger partial charge < -0.3 is 0 Å². The molecular weight excluding hydrogens is 239 g/mol. The number of rotatable bonds is 2. The van der Waals surface area contributed by atoms with Gasteiger partial charge in [-0.25, -0.2) is 4.39 Å². The van der Waals surface area contributed by atoms with Crippen LogP contribution in [0.1, 0.15) is 0 Å². The molecule has 0 N–H and O–H groups in total. The second-order valence-corrected chi connectivity index (χ2v) is 3.78. The van der Waals surface area contributed by atoms with Crippen molar-refractivity contribution in [3.8, 4) is 0 Å². The van der Waals surface area contributed by atoms with Crippen molar-refractivity contribution < 1.29 is 26.0 Å². The van der Waals surface area contributed by atoms with E-state index < -0.39 is 37.4 Å². The number of hydrogen-bond acceptors (Lipinski definition) is 4. The summed E-state index contributed by atoms with van der Waals surface area (Å²) in [6, 6.07) is 0.130. The lowest BCUT2D eigenvalue weighted by Crippen LogP contribution is -2.00. The lowest BCUT2D eigenvalue weighted by molar-refractivity contribution is -0.388. The van der Waals surface area contributed by atoms with Gasteiger partial charge in [0, 0.05) is 6.07 Å². The topological polar surface area (TPSA) is 77.3 Å². The highest BCUT2D eigenvalue weighted by Gasteiger charge is 2.25. The maximum absolute atomic E-state index is 12.7. The van der Waals surface area contributed by atoms with Crippen LogP contribution in [0.5, 0.6) is 0 Å². The molecular formula is C6H2F3NO4S. The van der Waals surface area contributed by atoms with E-state index >= 15 is 0 Å². The molecule has 0 saturated heterocycles. The van der Waals surface area contributed by atoms with Gasteiger partial charge >= 0.3 is 15.9 Å². The van der Waals surface area contributed by atoms with E-state index in [-0.39, 0.29) is 12.1 Å².